The zero-order valence-electron chi connectivity index (χ0n) is 17.5. The number of amides is 3. The van der Waals surface area contributed by atoms with Crippen LogP contribution in [0.2, 0.25) is 0 Å². The van der Waals surface area contributed by atoms with E-state index in [0.717, 1.165) is 12.1 Å². The minimum Gasteiger partial charge on any atom is -0.504 e. The number of phenols is 3. The van der Waals surface area contributed by atoms with E-state index in [9.17, 15) is 29.7 Å². The lowest BCUT2D eigenvalue weighted by atomic mass is 10.0. The van der Waals surface area contributed by atoms with Crippen LogP contribution in [0.4, 0.5) is 0 Å². The van der Waals surface area contributed by atoms with Gasteiger partial charge in [-0.2, -0.15) is 0 Å². The largest absolute Gasteiger partial charge is 0.504 e. The molecule has 0 spiro atoms. The summed E-state index contributed by atoms with van der Waals surface area (Å²) in [5.41, 5.74) is -0.270. The first-order valence-corrected chi connectivity index (χ1v) is 10.1. The van der Waals surface area contributed by atoms with E-state index in [1.807, 2.05) is 20.8 Å². The van der Waals surface area contributed by atoms with E-state index in [2.05, 4.69) is 5.32 Å². The number of likely N-dealkylation sites (tertiary alicyclic amines) is 2. The number of phenolic OH excluding ortho intramolecular Hbond substituents is 3. The van der Waals surface area contributed by atoms with E-state index in [1.165, 1.54) is 0 Å². The molecule has 3 amide bonds. The molecule has 4 N–H and O–H groups in total. The van der Waals surface area contributed by atoms with Gasteiger partial charge in [0.15, 0.2) is 17.2 Å². The summed E-state index contributed by atoms with van der Waals surface area (Å²) in [6.07, 6.45) is 1.37. The summed E-state index contributed by atoms with van der Waals surface area (Å²) in [7, 11) is 0. The van der Waals surface area contributed by atoms with E-state index >= 15 is 0 Å². The van der Waals surface area contributed by atoms with Gasteiger partial charge in [0.25, 0.3) is 5.91 Å². The lowest BCUT2D eigenvalue weighted by Gasteiger charge is -2.35. The van der Waals surface area contributed by atoms with Crippen molar-refractivity contribution in [2.24, 2.45) is 5.92 Å². The van der Waals surface area contributed by atoms with Crippen LogP contribution in [0.5, 0.6) is 17.2 Å². The normalized spacial score (nSPS) is 20.5. The summed E-state index contributed by atoms with van der Waals surface area (Å²) in [6, 6.07) is 2.01. The molecule has 1 aromatic rings. The molecule has 0 bridgehead atoms. The first-order valence-electron chi connectivity index (χ1n) is 10.1. The number of hydrogen-bond acceptors (Lipinski definition) is 6. The summed E-state index contributed by atoms with van der Waals surface area (Å²) < 4.78 is 0. The standard InChI is InChI=1S/C21H29N3O6/c1-21(2,3)24-11-13(10-17(24)27)20(30)23-6-4-14(5-7-23)22-19(29)12-8-15(25)18(28)16(26)9-12/h8-9,13-14,25-26,28H,4-7,10-11H2,1-3H3,(H,22,29). The summed E-state index contributed by atoms with van der Waals surface area (Å²) in [6.45, 7) is 7.27. The smallest absolute Gasteiger partial charge is 0.251 e. The number of rotatable bonds is 3. The predicted octanol–water partition coefficient (Wildman–Crippen LogP) is 1.17. The van der Waals surface area contributed by atoms with Gasteiger partial charge >= 0.3 is 0 Å². The molecule has 0 aromatic heterocycles. The molecule has 0 aliphatic carbocycles. The van der Waals surface area contributed by atoms with Crippen molar-refractivity contribution in [1.82, 2.24) is 15.1 Å². The Labute approximate surface area is 175 Å². The fourth-order valence-corrected chi connectivity index (χ4v) is 4.03. The average molecular weight is 419 g/mol. The van der Waals surface area contributed by atoms with Crippen LogP contribution < -0.4 is 5.32 Å². The van der Waals surface area contributed by atoms with Gasteiger partial charge in [0.2, 0.25) is 11.8 Å². The fourth-order valence-electron chi connectivity index (χ4n) is 4.03. The van der Waals surface area contributed by atoms with Crippen LogP contribution in [0, 0.1) is 5.92 Å². The number of nitrogens with one attached hydrogen (secondary N) is 1. The number of carbonyl (C=O) groups is 3. The summed E-state index contributed by atoms with van der Waals surface area (Å²) >= 11 is 0. The molecule has 2 fully saturated rings. The van der Waals surface area contributed by atoms with Crippen LogP contribution in [0.15, 0.2) is 12.1 Å². The van der Waals surface area contributed by atoms with Crippen LogP contribution in [-0.2, 0) is 9.59 Å². The van der Waals surface area contributed by atoms with Gasteiger partial charge in [-0.25, -0.2) is 0 Å². The molecule has 2 aliphatic heterocycles. The summed E-state index contributed by atoms with van der Waals surface area (Å²) in [4.78, 5) is 41.0. The quantitative estimate of drug-likeness (QED) is 0.544. The minimum absolute atomic E-state index is 0.00315. The van der Waals surface area contributed by atoms with E-state index in [1.54, 1.807) is 9.80 Å². The average Bonchev–Trinajstić information content (AvgIpc) is 3.08. The van der Waals surface area contributed by atoms with Crippen LogP contribution >= 0.6 is 0 Å². The van der Waals surface area contributed by atoms with Gasteiger partial charge in [-0.15, -0.1) is 0 Å². The molecular formula is C21H29N3O6. The second-order valence-corrected chi connectivity index (χ2v) is 9.01. The molecule has 2 aliphatic rings. The Morgan fingerprint density at radius 3 is 2.13 bits per heavy atom. The molecule has 1 aromatic carbocycles. The highest BCUT2D eigenvalue weighted by molar-refractivity contribution is 5.95. The van der Waals surface area contributed by atoms with Crippen molar-refractivity contribution >= 4 is 17.7 Å². The second-order valence-electron chi connectivity index (χ2n) is 9.01. The van der Waals surface area contributed by atoms with E-state index in [4.69, 9.17) is 0 Å². The van der Waals surface area contributed by atoms with Gasteiger partial charge < -0.3 is 30.4 Å². The number of nitrogens with zero attached hydrogens (tertiary/aromatic N) is 2. The summed E-state index contributed by atoms with van der Waals surface area (Å²) in [5, 5.41) is 31.3. The first kappa shape index (κ1) is 21.7. The molecule has 1 unspecified atom stereocenters. The van der Waals surface area contributed by atoms with Crippen molar-refractivity contribution in [3.63, 3.8) is 0 Å². The van der Waals surface area contributed by atoms with Gasteiger partial charge in [-0.1, -0.05) is 0 Å². The molecule has 2 saturated heterocycles. The van der Waals surface area contributed by atoms with Crippen molar-refractivity contribution in [2.75, 3.05) is 19.6 Å². The van der Waals surface area contributed by atoms with Gasteiger partial charge in [0.1, 0.15) is 0 Å². The zero-order valence-corrected chi connectivity index (χ0v) is 17.5. The highest BCUT2D eigenvalue weighted by Gasteiger charge is 2.41. The van der Waals surface area contributed by atoms with Crippen LogP contribution in [0.25, 0.3) is 0 Å². The maximum absolute atomic E-state index is 12.9. The van der Waals surface area contributed by atoms with Crippen molar-refractivity contribution < 1.29 is 29.7 Å². The first-order chi connectivity index (χ1) is 14.0. The molecule has 164 valence electrons. The van der Waals surface area contributed by atoms with E-state index in [0.29, 0.717) is 32.5 Å². The van der Waals surface area contributed by atoms with Gasteiger partial charge in [-0.3, -0.25) is 14.4 Å². The predicted molar refractivity (Wildman–Crippen MR) is 108 cm³/mol. The Bertz CT molecular complexity index is 832. The van der Waals surface area contributed by atoms with Gasteiger partial charge in [-0.05, 0) is 45.7 Å². The third-order valence-corrected chi connectivity index (χ3v) is 5.76. The van der Waals surface area contributed by atoms with Crippen molar-refractivity contribution in [1.29, 1.82) is 0 Å². The molecule has 3 rings (SSSR count). The molecular weight excluding hydrogens is 390 g/mol. The SMILES string of the molecule is CC(C)(C)N1CC(C(=O)N2CCC(NC(=O)c3cc(O)c(O)c(O)c3)CC2)CC1=O. The maximum atomic E-state index is 12.9. The number of benzene rings is 1. The molecule has 1 atom stereocenters. The molecule has 9 nitrogen and oxygen atoms in total. The highest BCUT2D eigenvalue weighted by Crippen LogP contribution is 2.35. The van der Waals surface area contributed by atoms with Gasteiger partial charge in [0, 0.05) is 43.2 Å². The lowest BCUT2D eigenvalue weighted by Crippen LogP contribution is -2.48. The maximum Gasteiger partial charge on any atom is 0.251 e. The molecule has 0 radical (unpaired) electrons. The third-order valence-electron chi connectivity index (χ3n) is 5.76. The number of hydrogen-bond donors (Lipinski definition) is 4. The Morgan fingerprint density at radius 1 is 1.07 bits per heavy atom. The van der Waals surface area contributed by atoms with Gasteiger partial charge in [0.05, 0.1) is 5.92 Å². The number of carbonyl (C=O) groups excluding carboxylic acids is 3. The van der Waals surface area contributed by atoms with Crippen molar-refractivity contribution in [3.05, 3.63) is 17.7 Å². The molecule has 2 heterocycles. The van der Waals surface area contributed by atoms with E-state index in [-0.39, 0.29) is 41.3 Å². The lowest BCUT2D eigenvalue weighted by molar-refractivity contribution is -0.136. The Morgan fingerprint density at radius 2 is 1.63 bits per heavy atom. The molecule has 9 heteroatoms. The second kappa shape index (κ2) is 8.04. The van der Waals surface area contributed by atoms with Crippen molar-refractivity contribution in [2.45, 2.75) is 51.6 Å². The highest BCUT2D eigenvalue weighted by atomic mass is 16.3. The Hall–Kier alpha value is -2.97. The summed E-state index contributed by atoms with van der Waals surface area (Å²) in [5.74, 6) is -2.64. The molecule has 30 heavy (non-hydrogen) atoms. The van der Waals surface area contributed by atoms with Crippen LogP contribution in [0.3, 0.4) is 0 Å². The van der Waals surface area contributed by atoms with E-state index < -0.39 is 23.2 Å². The fraction of sp³-hybridized carbons (Fsp3) is 0.571. The number of aromatic hydroxyl groups is 3. The van der Waals surface area contributed by atoms with Crippen molar-refractivity contribution in [3.8, 4) is 17.2 Å². The monoisotopic (exact) mass is 419 g/mol. The van der Waals surface area contributed by atoms with Crippen LogP contribution in [0.1, 0.15) is 50.4 Å². The Balaban J connectivity index is 1.53. The zero-order chi connectivity index (χ0) is 22.2. The minimum atomic E-state index is -0.672. The molecule has 0 saturated carbocycles. The third kappa shape index (κ3) is 4.44. The number of piperidine rings is 1. The topological polar surface area (TPSA) is 130 Å². The Kier molecular flexibility index (Phi) is 5.83. The van der Waals surface area contributed by atoms with Crippen LogP contribution in [-0.4, -0.2) is 74.1 Å².